The zero-order valence-electron chi connectivity index (χ0n) is 16.6. The molecule has 0 atom stereocenters. The minimum atomic E-state index is -1.18. The van der Waals surface area contributed by atoms with E-state index in [0.717, 1.165) is 17.3 Å². The standard InChI is InChI=1S/C20H27N5O2Si/c1-28(2,3)10-9-27-13-25-16-12-15(11-14-7-5-4-6-8-14)23-19(21)17(16)18(24-25)20(22)26/h4-8,12H,9-11,13H2,1-3H3,(H2,21,23)(H2,22,26). The summed E-state index contributed by atoms with van der Waals surface area (Å²) in [4.78, 5) is 16.3. The number of anilines is 1. The maximum atomic E-state index is 11.8. The second kappa shape index (κ2) is 8.11. The number of ether oxygens (including phenoxy) is 1. The Morgan fingerprint density at radius 3 is 2.57 bits per heavy atom. The van der Waals surface area contributed by atoms with E-state index in [0.29, 0.717) is 23.9 Å². The fourth-order valence-electron chi connectivity index (χ4n) is 2.97. The second-order valence-electron chi connectivity index (χ2n) is 8.12. The summed E-state index contributed by atoms with van der Waals surface area (Å²) in [5.41, 5.74) is 14.4. The normalized spacial score (nSPS) is 11.8. The summed E-state index contributed by atoms with van der Waals surface area (Å²) >= 11 is 0. The molecule has 1 aromatic carbocycles. The van der Waals surface area contributed by atoms with Gasteiger partial charge in [-0.05, 0) is 17.7 Å². The van der Waals surface area contributed by atoms with Crippen molar-refractivity contribution in [3.63, 3.8) is 0 Å². The van der Waals surface area contributed by atoms with Gasteiger partial charge in [-0.3, -0.25) is 4.79 Å². The van der Waals surface area contributed by atoms with E-state index in [-0.39, 0.29) is 18.2 Å². The Labute approximate surface area is 165 Å². The van der Waals surface area contributed by atoms with Gasteiger partial charge in [-0.25, -0.2) is 9.67 Å². The van der Waals surface area contributed by atoms with Crippen LogP contribution in [0.4, 0.5) is 5.82 Å². The van der Waals surface area contributed by atoms with Crippen LogP contribution in [-0.4, -0.2) is 35.4 Å². The van der Waals surface area contributed by atoms with Crippen LogP contribution in [0.1, 0.15) is 21.7 Å². The van der Waals surface area contributed by atoms with Gasteiger partial charge in [-0.1, -0.05) is 50.0 Å². The highest BCUT2D eigenvalue weighted by atomic mass is 28.3. The van der Waals surface area contributed by atoms with Crippen molar-refractivity contribution in [3.8, 4) is 0 Å². The summed E-state index contributed by atoms with van der Waals surface area (Å²) in [5, 5.41) is 4.82. The highest BCUT2D eigenvalue weighted by molar-refractivity contribution is 6.76. The van der Waals surface area contributed by atoms with Crippen molar-refractivity contribution >= 4 is 30.7 Å². The molecule has 4 N–H and O–H groups in total. The minimum absolute atomic E-state index is 0.125. The number of carbonyl (C=O) groups is 1. The smallest absolute Gasteiger partial charge is 0.269 e. The average molecular weight is 398 g/mol. The Bertz CT molecular complexity index is 980. The number of hydrogen-bond acceptors (Lipinski definition) is 5. The van der Waals surface area contributed by atoms with Crippen LogP contribution in [0.2, 0.25) is 25.7 Å². The molecule has 0 aliphatic carbocycles. The fraction of sp³-hybridized carbons (Fsp3) is 0.350. The van der Waals surface area contributed by atoms with Crippen molar-refractivity contribution in [2.75, 3.05) is 12.3 Å². The zero-order valence-corrected chi connectivity index (χ0v) is 17.6. The molecule has 0 aliphatic heterocycles. The van der Waals surface area contributed by atoms with Crippen LogP contribution >= 0.6 is 0 Å². The number of aromatic nitrogens is 3. The molecule has 0 aliphatic rings. The summed E-state index contributed by atoms with van der Waals surface area (Å²) in [6.45, 7) is 7.79. The van der Waals surface area contributed by atoms with Crippen molar-refractivity contribution in [1.82, 2.24) is 14.8 Å². The molecule has 0 spiro atoms. The van der Waals surface area contributed by atoms with Crippen LogP contribution in [0.3, 0.4) is 0 Å². The summed E-state index contributed by atoms with van der Waals surface area (Å²) in [6, 6.07) is 13.0. The molecule has 0 unspecified atom stereocenters. The Morgan fingerprint density at radius 2 is 1.93 bits per heavy atom. The number of primary amides is 1. The van der Waals surface area contributed by atoms with Gasteiger partial charge in [0.05, 0.1) is 10.9 Å². The molecule has 0 saturated heterocycles. The van der Waals surface area contributed by atoms with Gasteiger partial charge in [-0.15, -0.1) is 0 Å². The molecule has 2 heterocycles. The van der Waals surface area contributed by atoms with E-state index >= 15 is 0 Å². The van der Waals surface area contributed by atoms with Crippen molar-refractivity contribution in [3.05, 3.63) is 53.3 Å². The van der Waals surface area contributed by atoms with Crippen LogP contribution in [0.5, 0.6) is 0 Å². The maximum absolute atomic E-state index is 11.8. The van der Waals surface area contributed by atoms with Crippen LogP contribution < -0.4 is 11.5 Å². The van der Waals surface area contributed by atoms with E-state index in [9.17, 15) is 4.79 Å². The van der Waals surface area contributed by atoms with E-state index in [1.54, 1.807) is 4.68 Å². The predicted molar refractivity (Wildman–Crippen MR) is 114 cm³/mol. The van der Waals surface area contributed by atoms with Crippen LogP contribution in [0.15, 0.2) is 36.4 Å². The molecule has 7 nitrogen and oxygen atoms in total. The number of nitrogen functional groups attached to an aromatic ring is 1. The fourth-order valence-corrected chi connectivity index (χ4v) is 3.73. The van der Waals surface area contributed by atoms with E-state index in [4.69, 9.17) is 16.2 Å². The Kier molecular flexibility index (Phi) is 5.81. The lowest BCUT2D eigenvalue weighted by molar-refractivity contribution is 0.0808. The van der Waals surface area contributed by atoms with Gasteiger partial charge in [-0.2, -0.15) is 5.10 Å². The Morgan fingerprint density at radius 1 is 1.21 bits per heavy atom. The van der Waals surface area contributed by atoms with Crippen LogP contribution in [0, 0.1) is 0 Å². The lowest BCUT2D eigenvalue weighted by Gasteiger charge is -2.15. The van der Waals surface area contributed by atoms with Gasteiger partial charge in [0.1, 0.15) is 12.5 Å². The molecule has 8 heteroatoms. The van der Waals surface area contributed by atoms with Crippen LogP contribution in [-0.2, 0) is 17.9 Å². The molecule has 3 aromatic rings. The van der Waals surface area contributed by atoms with Gasteiger partial charge >= 0.3 is 0 Å². The largest absolute Gasteiger partial charge is 0.383 e. The first-order valence-corrected chi connectivity index (χ1v) is 13.0. The number of carbonyl (C=O) groups excluding carboxylic acids is 1. The first-order chi connectivity index (χ1) is 13.2. The minimum Gasteiger partial charge on any atom is -0.383 e. The molecule has 0 saturated carbocycles. The van der Waals surface area contributed by atoms with E-state index in [2.05, 4.69) is 29.7 Å². The van der Waals surface area contributed by atoms with Gasteiger partial charge in [0.2, 0.25) is 0 Å². The molecule has 28 heavy (non-hydrogen) atoms. The number of amides is 1. The van der Waals surface area contributed by atoms with Gasteiger partial charge in [0.15, 0.2) is 5.69 Å². The number of hydrogen-bond donors (Lipinski definition) is 2. The van der Waals surface area contributed by atoms with Crippen molar-refractivity contribution in [2.24, 2.45) is 5.73 Å². The van der Waals surface area contributed by atoms with Crippen LogP contribution in [0.25, 0.3) is 10.9 Å². The van der Waals surface area contributed by atoms with Crippen molar-refractivity contribution in [2.45, 2.75) is 38.8 Å². The first kappa shape index (κ1) is 20.0. The van der Waals surface area contributed by atoms with E-state index < -0.39 is 14.0 Å². The number of nitrogens with zero attached hydrogens (tertiary/aromatic N) is 3. The number of rotatable bonds is 8. The molecule has 0 fully saturated rings. The number of pyridine rings is 1. The lowest BCUT2D eigenvalue weighted by atomic mass is 10.1. The Hall–Kier alpha value is -2.71. The third kappa shape index (κ3) is 4.76. The lowest BCUT2D eigenvalue weighted by Crippen LogP contribution is -2.22. The molecule has 0 bridgehead atoms. The topological polar surface area (TPSA) is 109 Å². The van der Waals surface area contributed by atoms with E-state index in [1.165, 1.54) is 0 Å². The maximum Gasteiger partial charge on any atom is 0.269 e. The van der Waals surface area contributed by atoms with Gasteiger partial charge in [0.25, 0.3) is 5.91 Å². The quantitative estimate of drug-likeness (QED) is 0.448. The SMILES string of the molecule is C[Si](C)(C)CCOCn1nc(C(N)=O)c2c(N)nc(Cc3ccccc3)cc21. The Balaban J connectivity index is 1.92. The molecule has 3 rings (SSSR count). The highest BCUT2D eigenvalue weighted by Crippen LogP contribution is 2.25. The predicted octanol–water partition coefficient (Wildman–Crippen LogP) is 3.02. The summed E-state index contributed by atoms with van der Waals surface area (Å²) < 4.78 is 7.46. The van der Waals surface area contributed by atoms with Gasteiger partial charge < -0.3 is 16.2 Å². The monoisotopic (exact) mass is 397 g/mol. The molecular weight excluding hydrogens is 370 g/mol. The zero-order chi connectivity index (χ0) is 20.3. The van der Waals surface area contributed by atoms with E-state index in [1.807, 2.05) is 36.4 Å². The number of fused-ring (bicyclic) bond motifs is 1. The second-order valence-corrected chi connectivity index (χ2v) is 13.7. The molecule has 2 aromatic heterocycles. The molecule has 0 radical (unpaired) electrons. The third-order valence-electron chi connectivity index (χ3n) is 4.49. The number of benzene rings is 1. The molecule has 148 valence electrons. The summed E-state index contributed by atoms with van der Waals surface area (Å²) in [5.74, 6) is -0.374. The first-order valence-electron chi connectivity index (χ1n) is 9.32. The third-order valence-corrected chi connectivity index (χ3v) is 6.19. The molecular formula is C20H27N5O2Si. The van der Waals surface area contributed by atoms with Gasteiger partial charge in [0, 0.05) is 26.8 Å². The molecule has 1 amide bonds. The van der Waals surface area contributed by atoms with Crippen molar-refractivity contribution < 1.29 is 9.53 Å². The average Bonchev–Trinajstić information content (AvgIpc) is 2.98. The summed E-state index contributed by atoms with van der Waals surface area (Å²) in [6.07, 6.45) is 0.633. The highest BCUT2D eigenvalue weighted by Gasteiger charge is 2.20. The van der Waals surface area contributed by atoms with Crippen molar-refractivity contribution in [1.29, 1.82) is 0 Å². The summed E-state index contributed by atoms with van der Waals surface area (Å²) in [7, 11) is -1.18. The number of nitrogens with two attached hydrogens (primary N) is 2.